The van der Waals surface area contributed by atoms with Gasteiger partial charge in [0.2, 0.25) is 0 Å². The van der Waals surface area contributed by atoms with Crippen molar-refractivity contribution < 1.29 is 13.2 Å². The lowest BCUT2D eigenvalue weighted by Gasteiger charge is -2.16. The molecule has 0 saturated heterocycles. The van der Waals surface area contributed by atoms with Crippen LogP contribution < -0.4 is 16.0 Å². The Kier molecular flexibility index (Phi) is 3.97. The third-order valence-electron chi connectivity index (χ3n) is 3.01. The van der Waals surface area contributed by atoms with E-state index in [0.717, 1.165) is 11.8 Å². The number of anilines is 4. The van der Waals surface area contributed by atoms with Gasteiger partial charge in [0.25, 0.3) is 0 Å². The molecule has 0 unspecified atom stereocenters. The lowest BCUT2D eigenvalue weighted by molar-refractivity contribution is -0.136. The molecule has 0 bridgehead atoms. The van der Waals surface area contributed by atoms with Gasteiger partial charge in [0.05, 0.1) is 11.3 Å². The zero-order valence-electron chi connectivity index (χ0n) is 11.7. The van der Waals surface area contributed by atoms with Crippen molar-refractivity contribution in [3.05, 3.63) is 48.0 Å². The average Bonchev–Trinajstić information content (AvgIpc) is 2.40. The molecule has 0 radical (unpaired) electrons. The highest BCUT2D eigenvalue weighted by molar-refractivity contribution is 5.68. The molecular formula is C15H16F3N3. The Hall–Kier alpha value is -2.37. The molecule has 6 heteroatoms. The lowest BCUT2D eigenvalue weighted by Crippen LogP contribution is -2.10. The summed E-state index contributed by atoms with van der Waals surface area (Å²) in [4.78, 5) is 1.91. The molecule has 0 aliphatic heterocycles. The van der Waals surface area contributed by atoms with Gasteiger partial charge >= 0.3 is 6.18 Å². The van der Waals surface area contributed by atoms with Crippen LogP contribution in [-0.4, -0.2) is 14.1 Å². The van der Waals surface area contributed by atoms with Gasteiger partial charge in [-0.05, 0) is 42.5 Å². The highest BCUT2D eigenvalue weighted by atomic mass is 19.4. The Labute approximate surface area is 121 Å². The summed E-state index contributed by atoms with van der Waals surface area (Å²) >= 11 is 0. The van der Waals surface area contributed by atoms with Crippen molar-refractivity contribution >= 4 is 22.7 Å². The molecule has 0 heterocycles. The minimum Gasteiger partial charge on any atom is -0.399 e. The van der Waals surface area contributed by atoms with Crippen LogP contribution in [0.4, 0.5) is 35.9 Å². The van der Waals surface area contributed by atoms with Gasteiger partial charge in [-0.3, -0.25) is 0 Å². The summed E-state index contributed by atoms with van der Waals surface area (Å²) in [5, 5.41) is 2.78. The van der Waals surface area contributed by atoms with E-state index in [-0.39, 0.29) is 11.4 Å². The van der Waals surface area contributed by atoms with Crippen molar-refractivity contribution in [2.75, 3.05) is 30.0 Å². The Morgan fingerprint density at radius 2 is 1.62 bits per heavy atom. The maximum atomic E-state index is 13.0. The second kappa shape index (κ2) is 5.55. The molecule has 3 nitrogen and oxygen atoms in total. The van der Waals surface area contributed by atoms with Crippen molar-refractivity contribution in [1.29, 1.82) is 0 Å². The van der Waals surface area contributed by atoms with Crippen LogP contribution in [0.2, 0.25) is 0 Å². The zero-order chi connectivity index (χ0) is 15.6. The highest BCUT2D eigenvalue weighted by Crippen LogP contribution is 2.37. The SMILES string of the molecule is CN(C)c1ccc(Nc2ccc(N)cc2C(F)(F)F)cc1. The van der Waals surface area contributed by atoms with E-state index in [9.17, 15) is 13.2 Å². The van der Waals surface area contributed by atoms with Gasteiger partial charge < -0.3 is 16.0 Å². The standard InChI is InChI=1S/C15H16F3N3/c1-21(2)12-6-4-11(5-7-12)20-14-8-3-10(19)9-13(14)15(16,17)18/h3-9,20H,19H2,1-2H3. The van der Waals surface area contributed by atoms with Crippen LogP contribution >= 0.6 is 0 Å². The number of benzene rings is 2. The number of hydrogen-bond acceptors (Lipinski definition) is 3. The first-order valence-electron chi connectivity index (χ1n) is 6.28. The lowest BCUT2D eigenvalue weighted by atomic mass is 10.1. The van der Waals surface area contributed by atoms with Gasteiger partial charge in [0.1, 0.15) is 0 Å². The summed E-state index contributed by atoms with van der Waals surface area (Å²) in [6.07, 6.45) is -4.46. The maximum Gasteiger partial charge on any atom is 0.418 e. The minimum atomic E-state index is -4.46. The first kappa shape index (κ1) is 15.0. The van der Waals surface area contributed by atoms with Crippen LogP contribution in [0.1, 0.15) is 5.56 Å². The Morgan fingerprint density at radius 1 is 1.00 bits per heavy atom. The molecule has 21 heavy (non-hydrogen) atoms. The number of alkyl halides is 3. The summed E-state index contributed by atoms with van der Waals surface area (Å²) in [7, 11) is 3.79. The molecule has 0 atom stereocenters. The van der Waals surface area contributed by atoms with Gasteiger partial charge in [0, 0.05) is 31.2 Å². The van der Waals surface area contributed by atoms with Crippen LogP contribution in [0.25, 0.3) is 0 Å². The monoisotopic (exact) mass is 295 g/mol. The molecule has 0 saturated carbocycles. The number of nitrogens with zero attached hydrogens (tertiary/aromatic N) is 1. The summed E-state index contributed by atoms with van der Waals surface area (Å²) in [6, 6.07) is 10.8. The third-order valence-corrected chi connectivity index (χ3v) is 3.01. The molecule has 0 aliphatic rings. The normalized spacial score (nSPS) is 11.3. The molecule has 2 aromatic carbocycles. The van der Waals surface area contributed by atoms with E-state index >= 15 is 0 Å². The number of nitrogens with two attached hydrogens (primary N) is 1. The van der Waals surface area contributed by atoms with Crippen molar-refractivity contribution in [3.63, 3.8) is 0 Å². The molecule has 2 aromatic rings. The highest BCUT2D eigenvalue weighted by Gasteiger charge is 2.33. The fourth-order valence-corrected chi connectivity index (χ4v) is 1.90. The van der Waals surface area contributed by atoms with Crippen LogP contribution in [0.3, 0.4) is 0 Å². The quantitative estimate of drug-likeness (QED) is 0.838. The third kappa shape index (κ3) is 3.59. The molecule has 112 valence electrons. The molecular weight excluding hydrogens is 279 g/mol. The Balaban J connectivity index is 2.31. The predicted octanol–water partition coefficient (Wildman–Crippen LogP) is 4.10. The van der Waals surface area contributed by atoms with E-state index in [4.69, 9.17) is 5.73 Å². The van der Waals surface area contributed by atoms with Crippen LogP contribution in [0, 0.1) is 0 Å². The molecule has 0 fully saturated rings. The average molecular weight is 295 g/mol. The number of nitrogens with one attached hydrogen (secondary N) is 1. The van der Waals surface area contributed by atoms with E-state index in [0.29, 0.717) is 5.69 Å². The fourth-order valence-electron chi connectivity index (χ4n) is 1.90. The van der Waals surface area contributed by atoms with Crippen molar-refractivity contribution in [3.8, 4) is 0 Å². The summed E-state index contributed by atoms with van der Waals surface area (Å²) in [5.41, 5.74) is 6.27. The van der Waals surface area contributed by atoms with Crippen LogP contribution in [-0.2, 0) is 6.18 Å². The van der Waals surface area contributed by atoms with Gasteiger partial charge in [-0.2, -0.15) is 13.2 Å². The number of rotatable bonds is 3. The van der Waals surface area contributed by atoms with E-state index in [1.54, 1.807) is 12.1 Å². The fraction of sp³-hybridized carbons (Fsp3) is 0.200. The van der Waals surface area contributed by atoms with Crippen molar-refractivity contribution in [1.82, 2.24) is 0 Å². The van der Waals surface area contributed by atoms with Gasteiger partial charge in [-0.1, -0.05) is 0 Å². The number of hydrogen-bond donors (Lipinski definition) is 2. The first-order valence-corrected chi connectivity index (χ1v) is 6.28. The van der Waals surface area contributed by atoms with Gasteiger partial charge in [0.15, 0.2) is 0 Å². The summed E-state index contributed by atoms with van der Waals surface area (Å²) < 4.78 is 39.0. The van der Waals surface area contributed by atoms with Gasteiger partial charge in [-0.25, -0.2) is 0 Å². The predicted molar refractivity (Wildman–Crippen MR) is 79.9 cm³/mol. The van der Waals surface area contributed by atoms with Gasteiger partial charge in [-0.15, -0.1) is 0 Å². The Bertz CT molecular complexity index is 619. The molecule has 0 aliphatic carbocycles. The molecule has 3 N–H and O–H groups in total. The zero-order valence-corrected chi connectivity index (χ0v) is 11.7. The summed E-state index contributed by atoms with van der Waals surface area (Å²) in [5.74, 6) is 0. The van der Waals surface area contributed by atoms with Crippen molar-refractivity contribution in [2.24, 2.45) is 0 Å². The van der Waals surface area contributed by atoms with Crippen molar-refractivity contribution in [2.45, 2.75) is 6.18 Å². The van der Waals surface area contributed by atoms with E-state index in [1.807, 2.05) is 31.1 Å². The van der Waals surface area contributed by atoms with E-state index in [1.165, 1.54) is 12.1 Å². The first-order chi connectivity index (χ1) is 9.77. The molecule has 0 amide bonds. The van der Waals surface area contributed by atoms with Crippen LogP contribution in [0.5, 0.6) is 0 Å². The van der Waals surface area contributed by atoms with E-state index < -0.39 is 11.7 Å². The van der Waals surface area contributed by atoms with Crippen LogP contribution in [0.15, 0.2) is 42.5 Å². The smallest absolute Gasteiger partial charge is 0.399 e. The topological polar surface area (TPSA) is 41.3 Å². The number of halogens is 3. The Morgan fingerprint density at radius 3 is 2.14 bits per heavy atom. The molecule has 0 aromatic heterocycles. The molecule has 0 spiro atoms. The largest absolute Gasteiger partial charge is 0.418 e. The number of nitrogen functional groups attached to an aromatic ring is 1. The second-order valence-electron chi connectivity index (χ2n) is 4.87. The van der Waals surface area contributed by atoms with E-state index in [2.05, 4.69) is 5.32 Å². The second-order valence-corrected chi connectivity index (χ2v) is 4.87. The molecule has 2 rings (SSSR count). The maximum absolute atomic E-state index is 13.0. The minimum absolute atomic E-state index is 0.0192. The summed E-state index contributed by atoms with van der Waals surface area (Å²) in [6.45, 7) is 0.